The van der Waals surface area contributed by atoms with E-state index in [0.717, 1.165) is 0 Å². The van der Waals surface area contributed by atoms with Crippen LogP contribution in [0.3, 0.4) is 0 Å². The summed E-state index contributed by atoms with van der Waals surface area (Å²) in [4.78, 5) is 13.3. The van der Waals surface area contributed by atoms with Crippen molar-refractivity contribution in [3.63, 3.8) is 0 Å². The Kier molecular flexibility index (Phi) is 7.59. The van der Waals surface area contributed by atoms with Gasteiger partial charge in [-0.25, -0.2) is 13.1 Å². The van der Waals surface area contributed by atoms with E-state index < -0.39 is 15.3 Å². The highest BCUT2D eigenvalue weighted by molar-refractivity contribution is 8.00. The van der Waals surface area contributed by atoms with Gasteiger partial charge in [-0.05, 0) is 63.2 Å². The molecule has 0 fully saturated rings. The Balaban J connectivity index is 2.04. The summed E-state index contributed by atoms with van der Waals surface area (Å²) in [5.41, 5.74) is 0.508. The maximum atomic E-state index is 12.4. The third kappa shape index (κ3) is 6.40. The highest BCUT2D eigenvalue weighted by Gasteiger charge is 2.18. The molecule has 0 heterocycles. The highest BCUT2D eigenvalue weighted by atomic mass is 35.5. The van der Waals surface area contributed by atoms with Gasteiger partial charge in [0.2, 0.25) is 15.9 Å². The van der Waals surface area contributed by atoms with Crippen molar-refractivity contribution in [2.75, 3.05) is 5.32 Å². The van der Waals surface area contributed by atoms with E-state index in [-0.39, 0.29) is 16.8 Å². The first-order valence-electron chi connectivity index (χ1n) is 8.13. The molecule has 5 nitrogen and oxygen atoms in total. The third-order valence-corrected chi connectivity index (χ3v) is 6.90. The lowest BCUT2D eigenvalue weighted by molar-refractivity contribution is -0.115. The second-order valence-corrected chi connectivity index (χ2v) is 10.1. The van der Waals surface area contributed by atoms with E-state index in [2.05, 4.69) is 10.0 Å². The van der Waals surface area contributed by atoms with Gasteiger partial charge in [0.15, 0.2) is 0 Å². The second kappa shape index (κ2) is 9.30. The summed E-state index contributed by atoms with van der Waals surface area (Å²) in [6.07, 6.45) is 0. The van der Waals surface area contributed by atoms with Crippen molar-refractivity contribution in [1.29, 1.82) is 0 Å². The minimum absolute atomic E-state index is 0.141. The van der Waals surface area contributed by atoms with Crippen LogP contribution < -0.4 is 10.0 Å². The second-order valence-electron chi connectivity index (χ2n) is 6.12. The Morgan fingerprint density at radius 2 is 1.67 bits per heavy atom. The molecular formula is C18H20Cl2N2O3S2. The third-order valence-electron chi connectivity index (χ3n) is 3.39. The van der Waals surface area contributed by atoms with E-state index in [4.69, 9.17) is 23.2 Å². The van der Waals surface area contributed by atoms with Crippen LogP contribution in [0.15, 0.2) is 52.3 Å². The Morgan fingerprint density at radius 3 is 2.26 bits per heavy atom. The molecule has 0 aromatic heterocycles. The number of nitrogens with one attached hydrogen (secondary N) is 2. The molecular weight excluding hydrogens is 427 g/mol. The van der Waals surface area contributed by atoms with Crippen molar-refractivity contribution >= 4 is 56.6 Å². The monoisotopic (exact) mass is 446 g/mol. The fourth-order valence-corrected chi connectivity index (χ4v) is 4.81. The zero-order valence-corrected chi connectivity index (χ0v) is 18.1. The molecule has 0 aliphatic carbocycles. The standard InChI is InChI=1S/C18H20Cl2N2O3S2/c1-11(2)22-27(24,25)15-7-5-14(6-8-15)21-18(23)12(3)26-17-10-13(19)4-9-16(17)20/h4-12,22H,1-3H3,(H,21,23)/t12-/m0/s1. The predicted molar refractivity (Wildman–Crippen MR) is 112 cm³/mol. The Labute approximate surface area is 173 Å². The minimum atomic E-state index is -3.56. The zero-order chi connectivity index (χ0) is 20.2. The van der Waals surface area contributed by atoms with Crippen molar-refractivity contribution < 1.29 is 13.2 Å². The SMILES string of the molecule is CC(C)NS(=O)(=O)c1ccc(NC(=O)[C@H](C)Sc2cc(Cl)ccc2Cl)cc1. The zero-order valence-electron chi connectivity index (χ0n) is 15.0. The van der Waals surface area contributed by atoms with Crippen LogP contribution in [0.25, 0.3) is 0 Å². The first-order valence-corrected chi connectivity index (χ1v) is 11.3. The molecule has 27 heavy (non-hydrogen) atoms. The van der Waals surface area contributed by atoms with E-state index in [0.29, 0.717) is 20.6 Å². The molecule has 0 aliphatic heterocycles. The summed E-state index contributed by atoms with van der Waals surface area (Å²) in [6.45, 7) is 5.25. The van der Waals surface area contributed by atoms with Gasteiger partial charge in [0, 0.05) is 21.6 Å². The Morgan fingerprint density at radius 1 is 1.04 bits per heavy atom. The van der Waals surface area contributed by atoms with Crippen LogP contribution in [0.4, 0.5) is 5.69 Å². The molecule has 0 radical (unpaired) electrons. The van der Waals surface area contributed by atoms with Crippen LogP contribution in [-0.2, 0) is 14.8 Å². The first-order chi connectivity index (χ1) is 12.6. The molecule has 2 aromatic carbocycles. The van der Waals surface area contributed by atoms with Crippen molar-refractivity contribution in [3.05, 3.63) is 52.5 Å². The van der Waals surface area contributed by atoms with Crippen LogP contribution in [0, 0.1) is 0 Å². The lowest BCUT2D eigenvalue weighted by Gasteiger charge is -2.14. The number of sulfonamides is 1. The van der Waals surface area contributed by atoms with Crippen molar-refractivity contribution in [2.24, 2.45) is 0 Å². The Hall–Kier alpha value is -1.25. The molecule has 0 saturated heterocycles. The number of hydrogen-bond acceptors (Lipinski definition) is 4. The fraction of sp³-hybridized carbons (Fsp3) is 0.278. The van der Waals surface area contributed by atoms with Crippen molar-refractivity contribution in [1.82, 2.24) is 4.72 Å². The lowest BCUT2D eigenvalue weighted by atomic mass is 10.3. The number of carbonyl (C=O) groups excluding carboxylic acids is 1. The van der Waals surface area contributed by atoms with Gasteiger partial charge in [0.05, 0.1) is 15.2 Å². The van der Waals surface area contributed by atoms with E-state index in [1.165, 1.54) is 23.9 Å². The van der Waals surface area contributed by atoms with Crippen molar-refractivity contribution in [3.8, 4) is 0 Å². The van der Waals surface area contributed by atoms with Gasteiger partial charge in [-0.3, -0.25) is 4.79 Å². The summed E-state index contributed by atoms with van der Waals surface area (Å²) < 4.78 is 26.8. The molecule has 2 aromatic rings. The lowest BCUT2D eigenvalue weighted by Crippen LogP contribution is -2.30. The molecule has 0 aliphatic rings. The molecule has 2 rings (SSSR count). The largest absolute Gasteiger partial charge is 0.325 e. The first kappa shape index (κ1) is 22.0. The number of amides is 1. The van der Waals surface area contributed by atoms with Gasteiger partial charge in [-0.15, -0.1) is 11.8 Å². The molecule has 0 unspecified atom stereocenters. The van der Waals surface area contributed by atoms with Crippen molar-refractivity contribution in [2.45, 2.75) is 41.9 Å². The number of carbonyl (C=O) groups is 1. The van der Waals surface area contributed by atoms with E-state index in [9.17, 15) is 13.2 Å². The highest BCUT2D eigenvalue weighted by Crippen LogP contribution is 2.33. The maximum absolute atomic E-state index is 12.4. The average molecular weight is 447 g/mol. The van der Waals surface area contributed by atoms with Gasteiger partial charge in [0.1, 0.15) is 0 Å². The normalized spacial score (nSPS) is 12.8. The van der Waals surface area contributed by atoms with E-state index in [1.54, 1.807) is 51.1 Å². The van der Waals surface area contributed by atoms with E-state index >= 15 is 0 Å². The maximum Gasteiger partial charge on any atom is 0.240 e. The number of halogens is 2. The molecule has 0 spiro atoms. The van der Waals surface area contributed by atoms with Crippen LogP contribution >= 0.6 is 35.0 Å². The molecule has 0 bridgehead atoms. The van der Waals surface area contributed by atoms with Gasteiger partial charge in [-0.2, -0.15) is 0 Å². The van der Waals surface area contributed by atoms with Crippen LogP contribution in [0.5, 0.6) is 0 Å². The van der Waals surface area contributed by atoms with Gasteiger partial charge >= 0.3 is 0 Å². The Bertz CT molecular complexity index is 917. The minimum Gasteiger partial charge on any atom is -0.325 e. The summed E-state index contributed by atoms with van der Waals surface area (Å²) in [5.74, 6) is -0.230. The summed E-state index contributed by atoms with van der Waals surface area (Å²) in [5, 5.41) is 3.41. The molecule has 146 valence electrons. The number of benzene rings is 2. The average Bonchev–Trinajstić information content (AvgIpc) is 2.57. The number of hydrogen-bond donors (Lipinski definition) is 2. The molecule has 2 N–H and O–H groups in total. The smallest absolute Gasteiger partial charge is 0.240 e. The van der Waals surface area contributed by atoms with Gasteiger partial charge in [0.25, 0.3) is 0 Å². The van der Waals surface area contributed by atoms with Crippen LogP contribution in [0.1, 0.15) is 20.8 Å². The summed E-state index contributed by atoms with van der Waals surface area (Å²) >= 11 is 13.4. The van der Waals surface area contributed by atoms with E-state index in [1.807, 2.05) is 0 Å². The number of anilines is 1. The molecule has 1 amide bonds. The summed E-state index contributed by atoms with van der Waals surface area (Å²) in [6, 6.07) is 10.9. The van der Waals surface area contributed by atoms with Crippen LogP contribution in [0.2, 0.25) is 10.0 Å². The summed E-state index contributed by atoms with van der Waals surface area (Å²) in [7, 11) is -3.56. The van der Waals surface area contributed by atoms with Gasteiger partial charge in [-0.1, -0.05) is 23.2 Å². The molecule has 1 atom stereocenters. The fourth-order valence-electron chi connectivity index (χ4n) is 2.15. The van der Waals surface area contributed by atoms with Crippen LogP contribution in [-0.4, -0.2) is 25.6 Å². The molecule has 0 saturated carbocycles. The quantitative estimate of drug-likeness (QED) is 0.598. The number of thioether (sulfide) groups is 1. The topological polar surface area (TPSA) is 75.3 Å². The molecule has 9 heteroatoms. The number of rotatable bonds is 7. The van der Waals surface area contributed by atoms with Gasteiger partial charge < -0.3 is 5.32 Å². The predicted octanol–water partition coefficient (Wildman–Crippen LogP) is 4.80.